The van der Waals surface area contributed by atoms with Gasteiger partial charge in [0.25, 0.3) is 0 Å². The van der Waals surface area contributed by atoms with Crippen LogP contribution < -0.4 is 5.32 Å². The van der Waals surface area contributed by atoms with E-state index in [1.165, 1.54) is 16.3 Å². The quantitative estimate of drug-likeness (QED) is 0.547. The average Bonchev–Trinajstić information content (AvgIpc) is 3.43. The van der Waals surface area contributed by atoms with Crippen molar-refractivity contribution >= 4 is 28.2 Å². The molecule has 6 nitrogen and oxygen atoms in total. The zero-order valence-electron chi connectivity index (χ0n) is 14.8. The molecule has 27 heavy (non-hydrogen) atoms. The summed E-state index contributed by atoms with van der Waals surface area (Å²) in [5, 5.41) is 15.0. The van der Waals surface area contributed by atoms with Gasteiger partial charge in [-0.1, -0.05) is 30.3 Å². The predicted molar refractivity (Wildman–Crippen MR) is 107 cm³/mol. The molecule has 2 N–H and O–H groups in total. The summed E-state index contributed by atoms with van der Waals surface area (Å²) < 4.78 is 0. The van der Waals surface area contributed by atoms with E-state index < -0.39 is 0 Å². The predicted octanol–water partition coefficient (Wildman–Crippen LogP) is 4.15. The highest BCUT2D eigenvalue weighted by Crippen LogP contribution is 2.37. The van der Waals surface area contributed by atoms with E-state index in [1.54, 1.807) is 23.9 Å². The Labute approximate surface area is 161 Å². The minimum absolute atomic E-state index is 0.407. The minimum atomic E-state index is 0.407. The minimum Gasteiger partial charge on any atom is -0.367 e. The fourth-order valence-corrected chi connectivity index (χ4v) is 4.78. The molecular formula is C20H20N6S. The molecule has 1 unspecified atom stereocenters. The Balaban J connectivity index is 1.25. The van der Waals surface area contributed by atoms with Crippen molar-refractivity contribution in [3.8, 4) is 0 Å². The van der Waals surface area contributed by atoms with Crippen LogP contribution in [0.3, 0.4) is 0 Å². The molecule has 4 aromatic rings. The van der Waals surface area contributed by atoms with Crippen LogP contribution in [0.1, 0.15) is 41.4 Å². The van der Waals surface area contributed by atoms with Crippen LogP contribution in [0.4, 0.5) is 5.82 Å². The summed E-state index contributed by atoms with van der Waals surface area (Å²) in [6.45, 7) is 0. The molecule has 0 aliphatic heterocycles. The first-order valence-electron chi connectivity index (χ1n) is 9.24. The molecule has 1 aliphatic carbocycles. The summed E-state index contributed by atoms with van der Waals surface area (Å²) in [5.74, 6) is 1.39. The van der Waals surface area contributed by atoms with Gasteiger partial charge in [-0.2, -0.15) is 5.10 Å². The number of nitrogens with zero attached hydrogens (tertiary/aromatic N) is 4. The molecule has 136 valence electrons. The van der Waals surface area contributed by atoms with Crippen molar-refractivity contribution in [2.24, 2.45) is 0 Å². The summed E-state index contributed by atoms with van der Waals surface area (Å²) in [5.41, 5.74) is 3.26. The number of aromatic amines is 1. The smallest absolute Gasteiger partial charge is 0.160 e. The number of rotatable bonds is 5. The Bertz CT molecular complexity index is 1040. The topological polar surface area (TPSA) is 79.4 Å². The molecule has 7 heteroatoms. The van der Waals surface area contributed by atoms with Crippen LogP contribution in [0.5, 0.6) is 0 Å². The van der Waals surface area contributed by atoms with Crippen LogP contribution in [-0.2, 0) is 6.42 Å². The molecular weight excluding hydrogens is 356 g/mol. The maximum Gasteiger partial charge on any atom is 0.160 e. The largest absolute Gasteiger partial charge is 0.367 e. The second kappa shape index (κ2) is 7.08. The zero-order valence-corrected chi connectivity index (χ0v) is 15.6. The molecule has 3 aromatic heterocycles. The maximum absolute atomic E-state index is 4.92. The lowest BCUT2D eigenvalue weighted by molar-refractivity contribution is 0.693. The van der Waals surface area contributed by atoms with Gasteiger partial charge in [0.05, 0.1) is 22.3 Å². The number of H-pyrrole nitrogens is 1. The molecule has 5 rings (SSSR count). The Morgan fingerprint density at radius 2 is 2.07 bits per heavy atom. The zero-order chi connectivity index (χ0) is 18.1. The molecule has 0 radical (unpaired) electrons. The molecule has 1 saturated carbocycles. The number of benzene rings is 1. The van der Waals surface area contributed by atoms with Crippen molar-refractivity contribution < 1.29 is 0 Å². The van der Waals surface area contributed by atoms with Gasteiger partial charge in [0.15, 0.2) is 5.65 Å². The summed E-state index contributed by atoms with van der Waals surface area (Å²) in [4.78, 5) is 13.5. The van der Waals surface area contributed by atoms with Crippen molar-refractivity contribution in [2.45, 2.75) is 37.6 Å². The first-order chi connectivity index (χ1) is 13.3. The highest BCUT2D eigenvalue weighted by atomic mass is 32.1. The first kappa shape index (κ1) is 16.4. The molecule has 0 amide bonds. The SMILES string of the molecule is c1ccc(Cc2csc([C@@H]3CCC(Nc4ncnc5[nH]ncc45)C3)n2)cc1. The van der Waals surface area contributed by atoms with Crippen LogP contribution in [0.2, 0.25) is 0 Å². The fraction of sp³-hybridized carbons (Fsp3) is 0.300. The summed E-state index contributed by atoms with van der Waals surface area (Å²) in [6.07, 6.45) is 7.64. The Morgan fingerprint density at radius 3 is 3.00 bits per heavy atom. The molecule has 0 spiro atoms. The van der Waals surface area contributed by atoms with E-state index in [4.69, 9.17) is 4.98 Å². The lowest BCUT2D eigenvalue weighted by Crippen LogP contribution is -2.16. The maximum atomic E-state index is 4.92. The lowest BCUT2D eigenvalue weighted by atomic mass is 10.1. The molecule has 1 aromatic carbocycles. The van der Waals surface area contributed by atoms with Crippen molar-refractivity contribution in [1.82, 2.24) is 25.1 Å². The molecule has 1 fully saturated rings. The fourth-order valence-electron chi connectivity index (χ4n) is 3.81. The van der Waals surface area contributed by atoms with Gasteiger partial charge in [0.2, 0.25) is 0 Å². The number of fused-ring (bicyclic) bond motifs is 1. The van der Waals surface area contributed by atoms with E-state index >= 15 is 0 Å². The van der Waals surface area contributed by atoms with E-state index in [0.29, 0.717) is 12.0 Å². The second-order valence-electron chi connectivity index (χ2n) is 7.05. The van der Waals surface area contributed by atoms with Crippen LogP contribution in [-0.4, -0.2) is 31.2 Å². The Kier molecular flexibility index (Phi) is 4.29. The van der Waals surface area contributed by atoms with Crippen molar-refractivity contribution in [2.75, 3.05) is 5.32 Å². The van der Waals surface area contributed by atoms with Crippen LogP contribution in [0.25, 0.3) is 11.0 Å². The third-order valence-electron chi connectivity index (χ3n) is 5.17. The van der Waals surface area contributed by atoms with Gasteiger partial charge in [-0.3, -0.25) is 5.10 Å². The standard InChI is InChI=1S/C20H20N6S/c1-2-4-13(5-3-1)8-16-11-27-20(25-16)14-6-7-15(9-14)24-18-17-10-23-26-19(17)22-12-21-18/h1-5,10-12,14-15H,6-9H2,(H2,21,22,23,24,26)/t14-,15?/m1/s1. The van der Waals surface area contributed by atoms with E-state index in [0.717, 1.165) is 42.5 Å². The Hall–Kier alpha value is -2.80. The van der Waals surface area contributed by atoms with Crippen LogP contribution in [0, 0.1) is 0 Å². The molecule has 0 saturated heterocycles. The Morgan fingerprint density at radius 1 is 1.15 bits per heavy atom. The second-order valence-corrected chi connectivity index (χ2v) is 7.93. The van der Waals surface area contributed by atoms with E-state index in [-0.39, 0.29) is 0 Å². The van der Waals surface area contributed by atoms with Crippen molar-refractivity contribution in [3.63, 3.8) is 0 Å². The van der Waals surface area contributed by atoms with Gasteiger partial charge in [0, 0.05) is 23.8 Å². The van der Waals surface area contributed by atoms with Crippen LogP contribution in [0.15, 0.2) is 48.2 Å². The van der Waals surface area contributed by atoms with Gasteiger partial charge in [0.1, 0.15) is 12.1 Å². The van der Waals surface area contributed by atoms with E-state index in [1.807, 2.05) is 0 Å². The average molecular weight is 376 g/mol. The van der Waals surface area contributed by atoms with Gasteiger partial charge >= 0.3 is 0 Å². The highest BCUT2D eigenvalue weighted by molar-refractivity contribution is 7.09. The third-order valence-corrected chi connectivity index (χ3v) is 6.22. The number of aromatic nitrogens is 5. The number of nitrogens with one attached hydrogen (secondary N) is 2. The number of hydrogen-bond donors (Lipinski definition) is 2. The molecule has 3 heterocycles. The number of hydrogen-bond acceptors (Lipinski definition) is 6. The summed E-state index contributed by atoms with van der Waals surface area (Å²) >= 11 is 1.80. The van der Waals surface area contributed by atoms with Gasteiger partial charge in [-0.25, -0.2) is 15.0 Å². The van der Waals surface area contributed by atoms with Crippen LogP contribution >= 0.6 is 11.3 Å². The molecule has 1 aliphatic rings. The third kappa shape index (κ3) is 3.42. The van der Waals surface area contributed by atoms with E-state index in [2.05, 4.69) is 61.2 Å². The van der Waals surface area contributed by atoms with Crippen molar-refractivity contribution in [1.29, 1.82) is 0 Å². The number of thiazole rings is 1. The van der Waals surface area contributed by atoms with Gasteiger partial charge < -0.3 is 5.32 Å². The van der Waals surface area contributed by atoms with Crippen molar-refractivity contribution in [3.05, 3.63) is 64.5 Å². The normalized spacial score (nSPS) is 19.6. The van der Waals surface area contributed by atoms with E-state index in [9.17, 15) is 0 Å². The monoisotopic (exact) mass is 376 g/mol. The first-order valence-corrected chi connectivity index (χ1v) is 10.1. The molecule has 2 atom stereocenters. The summed E-state index contributed by atoms with van der Waals surface area (Å²) in [6, 6.07) is 10.9. The lowest BCUT2D eigenvalue weighted by Gasteiger charge is -2.13. The number of anilines is 1. The highest BCUT2D eigenvalue weighted by Gasteiger charge is 2.28. The summed E-state index contributed by atoms with van der Waals surface area (Å²) in [7, 11) is 0. The van der Waals surface area contributed by atoms with Gasteiger partial charge in [-0.05, 0) is 24.8 Å². The molecule has 0 bridgehead atoms. The van der Waals surface area contributed by atoms with Gasteiger partial charge in [-0.15, -0.1) is 11.3 Å².